The van der Waals surface area contributed by atoms with Crippen molar-refractivity contribution < 1.29 is 18.3 Å². The van der Waals surface area contributed by atoms with Crippen molar-refractivity contribution >= 4 is 0 Å². The zero-order valence-corrected chi connectivity index (χ0v) is 5.55. The second-order valence-electron chi connectivity index (χ2n) is 2.03. The highest BCUT2D eigenvalue weighted by molar-refractivity contribution is 5.24. The number of hydrogen-bond acceptors (Lipinski definition) is 2. The fourth-order valence-electron chi connectivity index (χ4n) is 0.678. The third-order valence-electron chi connectivity index (χ3n) is 1.08. The molecular formula is C5H5F3N2O. The Balaban J connectivity index is 3.13. The lowest BCUT2D eigenvalue weighted by atomic mass is 10.4. The van der Waals surface area contributed by atoms with Crippen molar-refractivity contribution in [3.8, 4) is 5.75 Å². The number of rotatable bonds is 0. The third kappa shape index (κ3) is 1.44. The van der Waals surface area contributed by atoms with E-state index in [2.05, 4.69) is 5.10 Å². The number of aromatic nitrogens is 2. The lowest BCUT2D eigenvalue weighted by Crippen LogP contribution is -2.06. The minimum absolute atomic E-state index is 0.847. The summed E-state index contributed by atoms with van der Waals surface area (Å²) in [5.74, 6) is -0.847. The molecule has 0 bridgehead atoms. The molecule has 0 aliphatic heterocycles. The van der Waals surface area contributed by atoms with Gasteiger partial charge in [-0.05, 0) is 0 Å². The van der Waals surface area contributed by atoms with Gasteiger partial charge in [-0.1, -0.05) is 0 Å². The fraction of sp³-hybridized carbons (Fsp3) is 0.400. The first-order valence-corrected chi connectivity index (χ1v) is 2.71. The molecule has 1 N–H and O–H groups in total. The van der Waals surface area contributed by atoms with Gasteiger partial charge in [-0.2, -0.15) is 18.3 Å². The fourth-order valence-corrected chi connectivity index (χ4v) is 0.678. The molecule has 62 valence electrons. The third-order valence-corrected chi connectivity index (χ3v) is 1.08. The Kier molecular flexibility index (Phi) is 1.54. The second-order valence-corrected chi connectivity index (χ2v) is 2.03. The van der Waals surface area contributed by atoms with Crippen molar-refractivity contribution in [2.45, 2.75) is 6.18 Å². The van der Waals surface area contributed by atoms with Crippen molar-refractivity contribution in [1.29, 1.82) is 0 Å². The minimum Gasteiger partial charge on any atom is -0.504 e. The molecule has 0 amide bonds. The number of aryl methyl sites for hydroxylation is 1. The molecule has 0 fully saturated rings. The van der Waals surface area contributed by atoms with Crippen LogP contribution in [-0.4, -0.2) is 14.9 Å². The molecule has 1 heterocycles. The Morgan fingerprint density at radius 2 is 2.09 bits per heavy atom. The SMILES string of the molecule is Cn1cc(O)c(C(F)(F)F)n1. The molecule has 0 aliphatic rings. The van der Waals surface area contributed by atoms with Gasteiger partial charge in [0, 0.05) is 7.05 Å². The van der Waals surface area contributed by atoms with Crippen LogP contribution in [0.4, 0.5) is 13.2 Å². The molecule has 0 saturated heterocycles. The summed E-state index contributed by atoms with van der Waals surface area (Å²) in [5.41, 5.74) is -1.25. The maximum Gasteiger partial charge on any atom is 0.438 e. The quantitative estimate of drug-likeness (QED) is 0.627. The van der Waals surface area contributed by atoms with Crippen LogP contribution in [0.1, 0.15) is 5.69 Å². The number of alkyl halides is 3. The average Bonchev–Trinajstić information content (AvgIpc) is 2.08. The van der Waals surface area contributed by atoms with Crippen LogP contribution in [0.3, 0.4) is 0 Å². The first-order valence-electron chi connectivity index (χ1n) is 2.71. The molecular weight excluding hydrogens is 161 g/mol. The van der Waals surface area contributed by atoms with Crippen LogP contribution < -0.4 is 0 Å². The molecule has 3 nitrogen and oxygen atoms in total. The van der Waals surface area contributed by atoms with Crippen molar-refractivity contribution in [3.63, 3.8) is 0 Å². The van der Waals surface area contributed by atoms with E-state index in [4.69, 9.17) is 5.11 Å². The van der Waals surface area contributed by atoms with E-state index in [9.17, 15) is 13.2 Å². The largest absolute Gasteiger partial charge is 0.504 e. The van der Waals surface area contributed by atoms with E-state index >= 15 is 0 Å². The molecule has 11 heavy (non-hydrogen) atoms. The molecule has 0 saturated carbocycles. The van der Waals surface area contributed by atoms with Gasteiger partial charge >= 0.3 is 6.18 Å². The van der Waals surface area contributed by atoms with Crippen molar-refractivity contribution in [2.75, 3.05) is 0 Å². The summed E-state index contributed by atoms with van der Waals surface area (Å²) in [7, 11) is 1.30. The van der Waals surface area contributed by atoms with Crippen LogP contribution in [0.5, 0.6) is 5.75 Å². The zero-order valence-electron chi connectivity index (χ0n) is 5.55. The summed E-state index contributed by atoms with van der Waals surface area (Å²) in [5, 5.41) is 11.7. The van der Waals surface area contributed by atoms with Crippen molar-refractivity contribution in [3.05, 3.63) is 11.9 Å². The molecule has 0 radical (unpaired) electrons. The number of aromatic hydroxyl groups is 1. The van der Waals surface area contributed by atoms with Gasteiger partial charge in [-0.3, -0.25) is 4.68 Å². The van der Waals surface area contributed by atoms with E-state index in [1.165, 1.54) is 7.05 Å². The predicted octanol–water partition coefficient (Wildman–Crippen LogP) is 1.14. The Labute approximate surface area is 60.1 Å². The summed E-state index contributed by atoms with van der Waals surface area (Å²) in [6.45, 7) is 0. The van der Waals surface area contributed by atoms with E-state index in [-0.39, 0.29) is 0 Å². The van der Waals surface area contributed by atoms with E-state index in [1.807, 2.05) is 0 Å². The highest BCUT2D eigenvalue weighted by Gasteiger charge is 2.37. The normalized spacial score (nSPS) is 12.0. The molecule has 0 atom stereocenters. The first-order chi connectivity index (χ1) is 4.91. The van der Waals surface area contributed by atoms with Gasteiger partial charge in [0.1, 0.15) is 0 Å². The van der Waals surface area contributed by atoms with Crippen molar-refractivity contribution in [1.82, 2.24) is 9.78 Å². The predicted molar refractivity (Wildman–Crippen MR) is 29.9 cm³/mol. The second kappa shape index (κ2) is 2.14. The lowest BCUT2D eigenvalue weighted by molar-refractivity contribution is -0.142. The maximum atomic E-state index is 11.8. The van der Waals surface area contributed by atoms with Crippen LogP contribution in [-0.2, 0) is 13.2 Å². The summed E-state index contributed by atoms with van der Waals surface area (Å²) < 4.78 is 36.4. The standard InChI is InChI=1S/C5H5F3N2O/c1-10-2-3(11)4(9-10)5(6,7)8/h2,11H,1H3. The highest BCUT2D eigenvalue weighted by atomic mass is 19.4. The Morgan fingerprint density at radius 1 is 1.55 bits per heavy atom. The van der Waals surface area contributed by atoms with E-state index in [1.54, 1.807) is 0 Å². The van der Waals surface area contributed by atoms with Gasteiger partial charge in [0.25, 0.3) is 0 Å². The van der Waals surface area contributed by atoms with Gasteiger partial charge in [-0.15, -0.1) is 0 Å². The topological polar surface area (TPSA) is 38.0 Å². The first kappa shape index (κ1) is 7.90. The van der Waals surface area contributed by atoms with Gasteiger partial charge in [0.15, 0.2) is 5.75 Å². The summed E-state index contributed by atoms with van der Waals surface area (Å²) in [4.78, 5) is 0. The maximum absolute atomic E-state index is 11.8. The van der Waals surface area contributed by atoms with Gasteiger partial charge < -0.3 is 5.11 Å². The Hall–Kier alpha value is -1.20. The monoisotopic (exact) mass is 166 g/mol. The van der Waals surface area contributed by atoms with Gasteiger partial charge in [0.2, 0.25) is 5.69 Å². The molecule has 1 aromatic heterocycles. The van der Waals surface area contributed by atoms with Crippen molar-refractivity contribution in [2.24, 2.45) is 7.05 Å². The summed E-state index contributed by atoms with van der Waals surface area (Å²) in [6, 6.07) is 0. The van der Waals surface area contributed by atoms with Crippen LogP contribution >= 0.6 is 0 Å². The smallest absolute Gasteiger partial charge is 0.438 e. The summed E-state index contributed by atoms with van der Waals surface area (Å²) in [6.07, 6.45) is -3.69. The Bertz CT molecular complexity index is 265. The zero-order chi connectivity index (χ0) is 8.65. The molecule has 0 unspecified atom stereocenters. The molecule has 0 spiro atoms. The van der Waals surface area contributed by atoms with Crippen LogP contribution in [0.2, 0.25) is 0 Å². The number of hydrogen-bond donors (Lipinski definition) is 1. The number of halogens is 3. The molecule has 1 rings (SSSR count). The molecule has 6 heteroatoms. The average molecular weight is 166 g/mol. The molecule has 0 aliphatic carbocycles. The van der Waals surface area contributed by atoms with Gasteiger partial charge in [0.05, 0.1) is 6.20 Å². The molecule has 0 aromatic carbocycles. The highest BCUT2D eigenvalue weighted by Crippen LogP contribution is 2.33. The lowest BCUT2D eigenvalue weighted by Gasteiger charge is -2.00. The summed E-state index contributed by atoms with van der Waals surface area (Å²) >= 11 is 0. The van der Waals surface area contributed by atoms with E-state index < -0.39 is 17.6 Å². The minimum atomic E-state index is -4.58. The van der Waals surface area contributed by atoms with Crippen LogP contribution in [0.25, 0.3) is 0 Å². The molecule has 1 aromatic rings. The van der Waals surface area contributed by atoms with Crippen LogP contribution in [0, 0.1) is 0 Å². The van der Waals surface area contributed by atoms with Crippen LogP contribution in [0.15, 0.2) is 6.20 Å². The van der Waals surface area contributed by atoms with E-state index in [0.717, 1.165) is 10.9 Å². The Morgan fingerprint density at radius 3 is 2.27 bits per heavy atom. The van der Waals surface area contributed by atoms with E-state index in [0.29, 0.717) is 0 Å². The van der Waals surface area contributed by atoms with Gasteiger partial charge in [-0.25, -0.2) is 0 Å². The number of nitrogens with zero attached hydrogens (tertiary/aromatic N) is 2.